The topological polar surface area (TPSA) is 53.0 Å². The molecule has 6 heteroatoms. The van der Waals surface area contributed by atoms with Crippen molar-refractivity contribution in [3.05, 3.63) is 34.9 Å². The van der Waals surface area contributed by atoms with E-state index in [2.05, 4.69) is 16.7 Å². The minimum absolute atomic E-state index is 0.169. The highest BCUT2D eigenvalue weighted by molar-refractivity contribution is 6.30. The summed E-state index contributed by atoms with van der Waals surface area (Å²) in [5, 5.41) is 9.70. The zero-order chi connectivity index (χ0) is 20.9. The highest BCUT2D eigenvalue weighted by Gasteiger charge is 2.25. The summed E-state index contributed by atoms with van der Waals surface area (Å²) < 4.78 is 5.84. The number of likely N-dealkylation sites (N-methyl/N-ethyl adjacent to an activating group) is 1. The van der Waals surface area contributed by atoms with Crippen molar-refractivity contribution in [3.63, 3.8) is 0 Å². The van der Waals surface area contributed by atoms with Gasteiger partial charge in [0.05, 0.1) is 12.6 Å². The molecule has 1 fully saturated rings. The van der Waals surface area contributed by atoms with Gasteiger partial charge >= 0.3 is 0 Å². The molecule has 0 spiro atoms. The van der Waals surface area contributed by atoms with Crippen molar-refractivity contribution in [3.8, 4) is 0 Å². The van der Waals surface area contributed by atoms with Crippen LogP contribution in [0.4, 0.5) is 0 Å². The zero-order valence-corrected chi connectivity index (χ0v) is 18.5. The number of likely N-dealkylation sites (tertiary alicyclic amines) is 1. The number of halogens is 1. The summed E-state index contributed by atoms with van der Waals surface area (Å²) in [6.45, 7) is 8.70. The molecule has 0 aromatic heterocycles. The number of hydrogen-bond acceptors (Lipinski definition) is 5. The lowest BCUT2D eigenvalue weighted by molar-refractivity contribution is -0.113. The van der Waals surface area contributed by atoms with Crippen molar-refractivity contribution in [1.82, 2.24) is 9.80 Å². The number of nitrogens with zero attached hydrogens (tertiary/aromatic N) is 2. The summed E-state index contributed by atoms with van der Waals surface area (Å²) in [4.78, 5) is 16.2. The van der Waals surface area contributed by atoms with E-state index < -0.39 is 0 Å². The number of benzene rings is 1. The van der Waals surface area contributed by atoms with E-state index in [0.29, 0.717) is 10.9 Å². The first kappa shape index (κ1) is 24.3. The zero-order valence-electron chi connectivity index (χ0n) is 17.8. The van der Waals surface area contributed by atoms with Gasteiger partial charge in [-0.2, -0.15) is 0 Å². The number of rotatable bonds is 14. The maximum atomic E-state index is 11.7. The molecule has 0 bridgehead atoms. The van der Waals surface area contributed by atoms with Gasteiger partial charge in [0, 0.05) is 24.8 Å². The smallest absolute Gasteiger partial charge is 0.141 e. The average Bonchev–Trinajstić information content (AvgIpc) is 2.75. The van der Waals surface area contributed by atoms with Gasteiger partial charge in [0.25, 0.3) is 0 Å². The van der Waals surface area contributed by atoms with Crippen LogP contribution in [-0.4, -0.2) is 73.7 Å². The number of hydrogen-bond donors (Lipinski definition) is 1. The molecule has 0 saturated carbocycles. The van der Waals surface area contributed by atoms with Gasteiger partial charge in [0.15, 0.2) is 0 Å². The van der Waals surface area contributed by atoms with Crippen LogP contribution >= 0.6 is 11.6 Å². The molecule has 1 heterocycles. The second-order valence-corrected chi connectivity index (χ2v) is 8.31. The normalized spacial score (nSPS) is 17.0. The molecule has 1 aliphatic rings. The summed E-state index contributed by atoms with van der Waals surface area (Å²) in [7, 11) is 0. The fourth-order valence-electron chi connectivity index (χ4n) is 4.02. The lowest BCUT2D eigenvalue weighted by Crippen LogP contribution is -2.37. The Kier molecular flexibility index (Phi) is 11.8. The van der Waals surface area contributed by atoms with Crippen LogP contribution in [-0.2, 0) is 9.53 Å². The molecular formula is C23H37ClN2O3. The number of carbonyl (C=O) groups is 1. The maximum Gasteiger partial charge on any atom is 0.141 e. The number of aliphatic hydroxyl groups is 1. The fourth-order valence-corrected chi connectivity index (χ4v) is 4.14. The first-order valence-corrected chi connectivity index (χ1v) is 11.4. The van der Waals surface area contributed by atoms with Crippen LogP contribution in [0.1, 0.15) is 50.6 Å². The molecule has 0 radical (unpaired) electrons. The molecule has 1 saturated heterocycles. The van der Waals surface area contributed by atoms with Crippen molar-refractivity contribution in [2.24, 2.45) is 5.92 Å². The minimum atomic E-state index is -0.169. The molecule has 0 aliphatic carbocycles. The van der Waals surface area contributed by atoms with E-state index >= 15 is 0 Å². The van der Waals surface area contributed by atoms with E-state index in [-0.39, 0.29) is 12.6 Å². The number of aldehydes is 1. The van der Waals surface area contributed by atoms with Crippen LogP contribution in [0.15, 0.2) is 24.3 Å². The monoisotopic (exact) mass is 424 g/mol. The maximum absolute atomic E-state index is 11.7. The van der Waals surface area contributed by atoms with Gasteiger partial charge in [-0.25, -0.2) is 0 Å². The van der Waals surface area contributed by atoms with Crippen LogP contribution in [0, 0.1) is 5.92 Å². The van der Waals surface area contributed by atoms with Gasteiger partial charge in [-0.3, -0.25) is 4.90 Å². The SMILES string of the molecule is CCN(CCO)CCCCOCCC1CCN(C(C=O)c2ccc(Cl)cc2)CC1. The molecule has 1 aromatic carbocycles. The minimum Gasteiger partial charge on any atom is -0.395 e. The Hall–Kier alpha value is -0.980. The van der Waals surface area contributed by atoms with Gasteiger partial charge in [0.1, 0.15) is 6.29 Å². The highest BCUT2D eigenvalue weighted by atomic mass is 35.5. The van der Waals surface area contributed by atoms with E-state index in [9.17, 15) is 4.79 Å². The van der Waals surface area contributed by atoms with E-state index in [1.807, 2.05) is 24.3 Å². The first-order chi connectivity index (χ1) is 14.2. The summed E-state index contributed by atoms with van der Waals surface area (Å²) in [6.07, 6.45) is 6.58. The Morgan fingerprint density at radius 2 is 1.93 bits per heavy atom. The molecule has 1 N–H and O–H groups in total. The molecule has 0 amide bonds. The molecule has 1 aliphatic heterocycles. The van der Waals surface area contributed by atoms with Gasteiger partial charge < -0.3 is 19.5 Å². The highest BCUT2D eigenvalue weighted by Crippen LogP contribution is 2.28. The molecule has 29 heavy (non-hydrogen) atoms. The van der Waals surface area contributed by atoms with E-state index in [0.717, 1.165) is 89.9 Å². The quantitative estimate of drug-likeness (QED) is 0.363. The third-order valence-electron chi connectivity index (χ3n) is 5.93. The Bertz CT molecular complexity index is 562. The number of aliphatic hydroxyl groups excluding tert-OH is 1. The number of piperidine rings is 1. The molecule has 1 aromatic rings. The molecule has 164 valence electrons. The Morgan fingerprint density at radius 3 is 2.55 bits per heavy atom. The van der Waals surface area contributed by atoms with Gasteiger partial charge in [0.2, 0.25) is 0 Å². The standard InChI is InChI=1S/C23H37ClN2O3/c1-2-25(15-16-27)12-3-4-17-29-18-11-20-9-13-26(14-10-20)23(19-28)21-5-7-22(24)8-6-21/h5-8,19-20,23,27H,2-4,9-18H2,1H3. The molecule has 1 unspecified atom stereocenters. The summed E-state index contributed by atoms with van der Waals surface area (Å²) in [6, 6.07) is 7.43. The Morgan fingerprint density at radius 1 is 1.21 bits per heavy atom. The predicted molar refractivity (Wildman–Crippen MR) is 118 cm³/mol. The van der Waals surface area contributed by atoms with Crippen LogP contribution < -0.4 is 0 Å². The van der Waals surface area contributed by atoms with Crippen LogP contribution in [0.3, 0.4) is 0 Å². The third kappa shape index (κ3) is 8.73. The fraction of sp³-hybridized carbons (Fsp3) is 0.696. The molecular weight excluding hydrogens is 388 g/mol. The largest absolute Gasteiger partial charge is 0.395 e. The van der Waals surface area contributed by atoms with Crippen molar-refractivity contribution >= 4 is 17.9 Å². The summed E-state index contributed by atoms with van der Waals surface area (Å²) >= 11 is 5.96. The number of ether oxygens (including phenoxy) is 1. The van der Waals surface area contributed by atoms with Gasteiger partial charge in [-0.05, 0) is 81.9 Å². The third-order valence-corrected chi connectivity index (χ3v) is 6.18. The summed E-state index contributed by atoms with van der Waals surface area (Å²) in [5.41, 5.74) is 1.02. The van der Waals surface area contributed by atoms with Crippen molar-refractivity contribution in [2.75, 3.05) is 52.5 Å². The molecule has 1 atom stereocenters. The van der Waals surface area contributed by atoms with Crippen LogP contribution in [0.25, 0.3) is 0 Å². The second-order valence-electron chi connectivity index (χ2n) is 7.88. The van der Waals surface area contributed by atoms with E-state index in [1.165, 1.54) is 0 Å². The van der Waals surface area contributed by atoms with E-state index in [1.54, 1.807) is 0 Å². The van der Waals surface area contributed by atoms with Crippen molar-refractivity contribution < 1.29 is 14.6 Å². The lowest BCUT2D eigenvalue weighted by atomic mass is 9.92. The number of unbranched alkanes of at least 4 members (excludes halogenated alkanes) is 1. The van der Waals surface area contributed by atoms with Crippen molar-refractivity contribution in [1.29, 1.82) is 0 Å². The average molecular weight is 425 g/mol. The van der Waals surface area contributed by atoms with Gasteiger partial charge in [-0.1, -0.05) is 30.7 Å². The Labute approximate surface area is 181 Å². The lowest BCUT2D eigenvalue weighted by Gasteiger charge is -2.35. The summed E-state index contributed by atoms with van der Waals surface area (Å²) in [5.74, 6) is 0.684. The Balaban J connectivity index is 1.57. The van der Waals surface area contributed by atoms with Crippen molar-refractivity contribution in [2.45, 2.75) is 45.1 Å². The van der Waals surface area contributed by atoms with Crippen LogP contribution in [0.2, 0.25) is 5.02 Å². The number of carbonyl (C=O) groups excluding carboxylic acids is 1. The second kappa shape index (κ2) is 14.1. The first-order valence-electron chi connectivity index (χ1n) is 11.0. The predicted octanol–water partition coefficient (Wildman–Crippen LogP) is 3.79. The van der Waals surface area contributed by atoms with Crippen LogP contribution in [0.5, 0.6) is 0 Å². The molecule has 2 rings (SSSR count). The van der Waals surface area contributed by atoms with Gasteiger partial charge in [-0.15, -0.1) is 0 Å². The van der Waals surface area contributed by atoms with E-state index in [4.69, 9.17) is 21.4 Å². The molecule has 5 nitrogen and oxygen atoms in total.